The van der Waals surface area contributed by atoms with Crippen LogP contribution in [0.3, 0.4) is 0 Å². The molecule has 2 N–H and O–H groups in total. The number of hydrogen-bond acceptors (Lipinski definition) is 5. The van der Waals surface area contributed by atoms with Crippen molar-refractivity contribution >= 4 is 51.9 Å². The molecule has 4 rings (SSSR count). The normalized spacial score (nSPS) is 10.8. The molecule has 9 heteroatoms. The van der Waals surface area contributed by atoms with E-state index in [2.05, 4.69) is 20.6 Å². The first-order valence-corrected chi connectivity index (χ1v) is 9.72. The van der Waals surface area contributed by atoms with Crippen LogP contribution in [0.25, 0.3) is 16.9 Å². The van der Waals surface area contributed by atoms with Gasteiger partial charge in [-0.3, -0.25) is 9.20 Å². The first-order chi connectivity index (χ1) is 14.5. The number of nitrogens with one attached hydrogen (secondary N) is 2. The Morgan fingerprint density at radius 1 is 1.10 bits per heavy atom. The zero-order valence-corrected chi connectivity index (χ0v) is 17.6. The van der Waals surface area contributed by atoms with Crippen molar-refractivity contribution in [2.24, 2.45) is 0 Å². The molecule has 2 aromatic heterocycles. The van der Waals surface area contributed by atoms with Gasteiger partial charge in [-0.2, -0.15) is 0 Å². The van der Waals surface area contributed by atoms with E-state index < -0.39 is 0 Å². The second-order valence-corrected chi connectivity index (χ2v) is 7.28. The van der Waals surface area contributed by atoms with E-state index in [1.807, 2.05) is 28.8 Å². The fraction of sp³-hybridized carbons (Fsp3) is 0.0952. The highest BCUT2D eigenvalue weighted by atomic mass is 35.5. The van der Waals surface area contributed by atoms with Gasteiger partial charge in [-0.25, -0.2) is 9.97 Å². The molecule has 0 unspecified atom stereocenters. The van der Waals surface area contributed by atoms with Gasteiger partial charge in [0, 0.05) is 30.6 Å². The van der Waals surface area contributed by atoms with Crippen molar-refractivity contribution < 1.29 is 9.53 Å². The van der Waals surface area contributed by atoms with E-state index in [1.54, 1.807) is 37.7 Å². The maximum atomic E-state index is 11.2. The molecule has 30 heavy (non-hydrogen) atoms. The Hall–Kier alpha value is -3.29. The largest absolute Gasteiger partial charge is 0.495 e. The summed E-state index contributed by atoms with van der Waals surface area (Å²) in [5, 5.41) is 6.84. The van der Waals surface area contributed by atoms with Crippen LogP contribution < -0.4 is 15.4 Å². The third kappa shape index (κ3) is 3.90. The molecule has 4 aromatic rings. The Labute approximate surface area is 182 Å². The summed E-state index contributed by atoms with van der Waals surface area (Å²) in [6.07, 6.45) is 5.26. The Bertz CT molecular complexity index is 1260. The minimum absolute atomic E-state index is 0.187. The summed E-state index contributed by atoms with van der Waals surface area (Å²) in [5.41, 5.74) is 3.65. The minimum Gasteiger partial charge on any atom is -0.495 e. The molecular weight excluding hydrogens is 425 g/mol. The van der Waals surface area contributed by atoms with E-state index in [9.17, 15) is 4.79 Å². The van der Waals surface area contributed by atoms with Crippen molar-refractivity contribution in [3.05, 3.63) is 65.0 Å². The van der Waals surface area contributed by atoms with Crippen LogP contribution in [0.4, 0.5) is 17.2 Å². The number of rotatable bonds is 5. The maximum absolute atomic E-state index is 11.2. The van der Waals surface area contributed by atoms with E-state index in [4.69, 9.17) is 27.9 Å². The van der Waals surface area contributed by atoms with Crippen molar-refractivity contribution in [1.29, 1.82) is 0 Å². The van der Waals surface area contributed by atoms with Crippen molar-refractivity contribution in [3.63, 3.8) is 0 Å². The first-order valence-electron chi connectivity index (χ1n) is 8.96. The van der Waals surface area contributed by atoms with E-state index in [-0.39, 0.29) is 5.91 Å². The second kappa shape index (κ2) is 8.22. The van der Waals surface area contributed by atoms with Crippen LogP contribution in [-0.4, -0.2) is 27.4 Å². The number of hydrogen-bond donors (Lipinski definition) is 2. The molecule has 7 nitrogen and oxygen atoms in total. The van der Waals surface area contributed by atoms with Gasteiger partial charge in [0.1, 0.15) is 5.75 Å². The predicted molar refractivity (Wildman–Crippen MR) is 119 cm³/mol. The lowest BCUT2D eigenvalue weighted by Gasteiger charge is -2.11. The Morgan fingerprint density at radius 3 is 2.63 bits per heavy atom. The Balaban J connectivity index is 1.68. The third-order valence-electron chi connectivity index (χ3n) is 4.42. The van der Waals surface area contributed by atoms with Crippen LogP contribution >= 0.6 is 23.2 Å². The average molecular weight is 442 g/mol. The molecule has 0 aliphatic rings. The molecule has 152 valence electrons. The van der Waals surface area contributed by atoms with Crippen LogP contribution in [0.1, 0.15) is 6.92 Å². The summed E-state index contributed by atoms with van der Waals surface area (Å²) < 4.78 is 7.14. The fourth-order valence-electron chi connectivity index (χ4n) is 3.07. The van der Waals surface area contributed by atoms with Gasteiger partial charge in [0.2, 0.25) is 5.91 Å². The van der Waals surface area contributed by atoms with Gasteiger partial charge in [-0.05, 0) is 36.4 Å². The number of imidazole rings is 1. The lowest BCUT2D eigenvalue weighted by molar-refractivity contribution is -0.114. The third-order valence-corrected chi connectivity index (χ3v) is 5.03. The smallest absolute Gasteiger partial charge is 0.221 e. The zero-order valence-electron chi connectivity index (χ0n) is 16.1. The first kappa shape index (κ1) is 20.0. The lowest BCUT2D eigenvalue weighted by Crippen LogP contribution is -2.06. The second-order valence-electron chi connectivity index (χ2n) is 6.46. The SMILES string of the molecule is COc1ccc(-c2cnc3c(Nc4ccc(NC(C)=O)c(Cl)c4)nccn23)cc1Cl. The Kier molecular flexibility index (Phi) is 5.48. The molecule has 0 fully saturated rings. The zero-order chi connectivity index (χ0) is 21.3. The number of nitrogens with zero attached hydrogens (tertiary/aromatic N) is 3. The van der Waals surface area contributed by atoms with E-state index >= 15 is 0 Å². The van der Waals surface area contributed by atoms with Crippen LogP contribution in [0, 0.1) is 0 Å². The van der Waals surface area contributed by atoms with Gasteiger partial charge in [0.05, 0.1) is 34.7 Å². The number of anilines is 3. The molecule has 0 aliphatic carbocycles. The molecule has 0 bridgehead atoms. The van der Waals surface area contributed by atoms with E-state index in [0.717, 1.165) is 11.3 Å². The molecule has 0 saturated heterocycles. The van der Waals surface area contributed by atoms with Crippen LogP contribution in [0.5, 0.6) is 5.75 Å². The van der Waals surface area contributed by atoms with Crippen LogP contribution in [0.15, 0.2) is 55.0 Å². The number of fused-ring (bicyclic) bond motifs is 1. The van der Waals surface area contributed by atoms with E-state index in [0.29, 0.717) is 38.6 Å². The molecule has 0 radical (unpaired) electrons. The molecule has 0 spiro atoms. The van der Waals surface area contributed by atoms with Crippen LogP contribution in [0.2, 0.25) is 10.0 Å². The summed E-state index contributed by atoms with van der Waals surface area (Å²) in [4.78, 5) is 20.2. The molecule has 2 heterocycles. The van der Waals surface area contributed by atoms with Crippen molar-refractivity contribution in [2.75, 3.05) is 17.7 Å². The number of ether oxygens (including phenoxy) is 1. The number of aromatic nitrogens is 3. The van der Waals surface area contributed by atoms with Crippen molar-refractivity contribution in [3.8, 4) is 17.0 Å². The predicted octanol–water partition coefficient (Wildman–Crippen LogP) is 5.41. The highest BCUT2D eigenvalue weighted by molar-refractivity contribution is 6.34. The maximum Gasteiger partial charge on any atom is 0.221 e. The molecule has 0 atom stereocenters. The van der Waals surface area contributed by atoms with Gasteiger partial charge in [-0.1, -0.05) is 23.2 Å². The molecule has 1 amide bonds. The minimum atomic E-state index is -0.187. The van der Waals surface area contributed by atoms with Gasteiger partial charge in [0.25, 0.3) is 0 Å². The number of carbonyl (C=O) groups excluding carboxylic acids is 1. The summed E-state index contributed by atoms with van der Waals surface area (Å²) >= 11 is 12.5. The van der Waals surface area contributed by atoms with Gasteiger partial charge in [-0.15, -0.1) is 0 Å². The summed E-state index contributed by atoms with van der Waals surface area (Å²) in [7, 11) is 1.58. The number of methoxy groups -OCH3 is 1. The number of benzene rings is 2. The highest BCUT2D eigenvalue weighted by Gasteiger charge is 2.13. The number of halogens is 2. The molecule has 0 aliphatic heterocycles. The standard InChI is InChI=1S/C21H17Cl2N5O2/c1-12(29)26-17-5-4-14(10-15(17)22)27-20-21-25-11-18(28(21)8-7-24-20)13-3-6-19(30-2)16(23)9-13/h3-11H,1-2H3,(H,24,27)(H,26,29). The molecular formula is C21H17Cl2N5O2. The molecule has 2 aromatic carbocycles. The van der Waals surface area contributed by atoms with Gasteiger partial charge >= 0.3 is 0 Å². The lowest BCUT2D eigenvalue weighted by atomic mass is 10.1. The number of carbonyl (C=O) groups is 1. The quantitative estimate of drug-likeness (QED) is 0.432. The van der Waals surface area contributed by atoms with E-state index in [1.165, 1.54) is 6.92 Å². The van der Waals surface area contributed by atoms with Crippen molar-refractivity contribution in [1.82, 2.24) is 14.4 Å². The highest BCUT2D eigenvalue weighted by Crippen LogP contribution is 2.32. The fourth-order valence-corrected chi connectivity index (χ4v) is 3.55. The summed E-state index contributed by atoms with van der Waals surface area (Å²) in [6.45, 7) is 1.43. The molecule has 0 saturated carbocycles. The van der Waals surface area contributed by atoms with Crippen molar-refractivity contribution in [2.45, 2.75) is 6.92 Å². The monoisotopic (exact) mass is 441 g/mol. The average Bonchev–Trinajstić information content (AvgIpc) is 3.15. The topological polar surface area (TPSA) is 80.5 Å². The van der Waals surface area contributed by atoms with Gasteiger partial charge in [0.15, 0.2) is 11.5 Å². The summed E-state index contributed by atoms with van der Waals surface area (Å²) in [6, 6.07) is 10.8. The Morgan fingerprint density at radius 2 is 1.93 bits per heavy atom. The van der Waals surface area contributed by atoms with Crippen LogP contribution in [-0.2, 0) is 4.79 Å². The van der Waals surface area contributed by atoms with Gasteiger partial charge < -0.3 is 15.4 Å². The number of amides is 1. The summed E-state index contributed by atoms with van der Waals surface area (Å²) in [5.74, 6) is 0.983.